The number of rotatable bonds is 2. The molecule has 0 bridgehead atoms. The molecule has 60 valence electrons. The van der Waals surface area contributed by atoms with Crippen LogP contribution in [0, 0.1) is 6.92 Å². The van der Waals surface area contributed by atoms with E-state index in [1.807, 2.05) is 32.2 Å². The average molecular weight is 171 g/mol. The highest BCUT2D eigenvalue weighted by Gasteiger charge is 1.95. The van der Waals surface area contributed by atoms with Crippen LogP contribution in [-0.2, 0) is 0 Å². The minimum absolute atomic E-state index is 0.768. The maximum absolute atomic E-state index is 5.77. The van der Waals surface area contributed by atoms with E-state index in [-0.39, 0.29) is 0 Å². The molecule has 11 heavy (non-hydrogen) atoms. The molecule has 2 nitrogen and oxygen atoms in total. The number of nitrogens with one attached hydrogen (secondary N) is 2. The summed E-state index contributed by atoms with van der Waals surface area (Å²) in [7, 11) is 1.83. The predicted molar refractivity (Wildman–Crippen MR) is 48.9 cm³/mol. The fraction of sp³-hybridized carbons (Fsp3) is 0.250. The van der Waals surface area contributed by atoms with E-state index >= 15 is 0 Å². The number of halogens is 1. The molecule has 0 aromatic heterocycles. The van der Waals surface area contributed by atoms with Crippen molar-refractivity contribution in [3.05, 3.63) is 28.8 Å². The highest BCUT2D eigenvalue weighted by atomic mass is 35.5. The van der Waals surface area contributed by atoms with Gasteiger partial charge in [0, 0.05) is 12.1 Å². The van der Waals surface area contributed by atoms with Gasteiger partial charge in [0.1, 0.15) is 0 Å². The number of aryl methyl sites for hydroxylation is 1. The second-order valence-corrected chi connectivity index (χ2v) is 2.77. The molecule has 0 amide bonds. The molecule has 1 aromatic rings. The number of benzene rings is 1. The van der Waals surface area contributed by atoms with Gasteiger partial charge in [-0.15, -0.1) is 0 Å². The second kappa shape index (κ2) is 3.60. The third-order valence-electron chi connectivity index (χ3n) is 1.45. The molecule has 0 heterocycles. The summed E-state index contributed by atoms with van der Waals surface area (Å²) < 4.78 is 0. The molecule has 0 unspecified atom stereocenters. The summed E-state index contributed by atoms with van der Waals surface area (Å²) in [5.74, 6) is 0. The minimum atomic E-state index is 0.768. The van der Waals surface area contributed by atoms with Gasteiger partial charge in [-0.2, -0.15) is 0 Å². The third kappa shape index (κ3) is 2.10. The Hall–Kier alpha value is -0.730. The summed E-state index contributed by atoms with van der Waals surface area (Å²) in [6.45, 7) is 2.01. The molecule has 0 spiro atoms. The van der Waals surface area contributed by atoms with E-state index in [4.69, 9.17) is 11.6 Å². The van der Waals surface area contributed by atoms with Crippen molar-refractivity contribution in [2.75, 3.05) is 12.5 Å². The lowest BCUT2D eigenvalue weighted by atomic mass is 10.2. The zero-order valence-corrected chi connectivity index (χ0v) is 7.37. The van der Waals surface area contributed by atoms with Crippen LogP contribution in [0.5, 0.6) is 0 Å². The normalized spacial score (nSPS) is 9.73. The van der Waals surface area contributed by atoms with E-state index in [0.29, 0.717) is 0 Å². The highest BCUT2D eigenvalue weighted by Crippen LogP contribution is 2.18. The topological polar surface area (TPSA) is 24.1 Å². The predicted octanol–water partition coefficient (Wildman–Crippen LogP) is 2.19. The molecule has 2 N–H and O–H groups in total. The molecule has 0 radical (unpaired) electrons. The van der Waals surface area contributed by atoms with Gasteiger partial charge in [0.2, 0.25) is 0 Å². The van der Waals surface area contributed by atoms with Gasteiger partial charge in [-0.1, -0.05) is 11.6 Å². The smallest absolute Gasteiger partial charge is 0.0517 e. The van der Waals surface area contributed by atoms with E-state index in [1.54, 1.807) is 0 Å². The fourth-order valence-electron chi connectivity index (χ4n) is 0.902. The Morgan fingerprint density at radius 3 is 2.64 bits per heavy atom. The molecule has 0 aliphatic heterocycles. The van der Waals surface area contributed by atoms with Crippen LogP contribution in [-0.4, -0.2) is 7.05 Å². The number of hydrogen-bond acceptors (Lipinski definition) is 2. The zero-order chi connectivity index (χ0) is 8.27. The van der Waals surface area contributed by atoms with Crippen LogP contribution in [0.3, 0.4) is 0 Å². The molecule has 0 atom stereocenters. The first kappa shape index (κ1) is 8.37. The van der Waals surface area contributed by atoms with Gasteiger partial charge >= 0.3 is 0 Å². The fourth-order valence-corrected chi connectivity index (χ4v) is 1.13. The van der Waals surface area contributed by atoms with Crippen LogP contribution in [0.25, 0.3) is 0 Å². The third-order valence-corrected chi connectivity index (χ3v) is 1.68. The van der Waals surface area contributed by atoms with E-state index in [2.05, 4.69) is 10.9 Å². The summed E-state index contributed by atoms with van der Waals surface area (Å²) >= 11 is 5.77. The van der Waals surface area contributed by atoms with Gasteiger partial charge in [-0.3, -0.25) is 0 Å². The molecular weight excluding hydrogens is 160 g/mol. The average Bonchev–Trinajstić information content (AvgIpc) is 1.95. The SMILES string of the molecule is CNNc1ccc(Cl)cc1C. The molecule has 1 rings (SSSR count). The van der Waals surface area contributed by atoms with Crippen molar-refractivity contribution in [2.45, 2.75) is 6.92 Å². The van der Waals surface area contributed by atoms with Crippen LogP contribution in [0.1, 0.15) is 5.56 Å². The second-order valence-electron chi connectivity index (χ2n) is 2.33. The maximum Gasteiger partial charge on any atom is 0.0517 e. The largest absolute Gasteiger partial charge is 0.321 e. The van der Waals surface area contributed by atoms with Crippen LogP contribution in [0.4, 0.5) is 5.69 Å². The van der Waals surface area contributed by atoms with Gasteiger partial charge < -0.3 is 5.43 Å². The quantitative estimate of drug-likeness (QED) is 0.665. The zero-order valence-electron chi connectivity index (χ0n) is 6.61. The summed E-state index contributed by atoms with van der Waals surface area (Å²) in [6.07, 6.45) is 0. The first-order valence-corrected chi connectivity index (χ1v) is 3.80. The molecule has 1 aromatic carbocycles. The lowest BCUT2D eigenvalue weighted by Gasteiger charge is -2.07. The number of anilines is 1. The number of hydrogen-bond donors (Lipinski definition) is 2. The summed E-state index contributed by atoms with van der Waals surface area (Å²) in [6, 6.07) is 5.71. The van der Waals surface area contributed by atoms with Crippen LogP contribution >= 0.6 is 11.6 Å². The Morgan fingerprint density at radius 1 is 1.36 bits per heavy atom. The van der Waals surface area contributed by atoms with Crippen molar-refractivity contribution in [3.63, 3.8) is 0 Å². The molecule has 0 saturated carbocycles. The van der Waals surface area contributed by atoms with Crippen LogP contribution in [0.2, 0.25) is 5.02 Å². The molecule has 0 aliphatic carbocycles. The number of hydrazine groups is 1. The van der Waals surface area contributed by atoms with Crippen molar-refractivity contribution in [1.82, 2.24) is 5.43 Å². The first-order chi connectivity index (χ1) is 5.24. The van der Waals surface area contributed by atoms with Gasteiger partial charge in [0.05, 0.1) is 5.69 Å². The molecule has 3 heteroatoms. The van der Waals surface area contributed by atoms with Crippen molar-refractivity contribution in [1.29, 1.82) is 0 Å². The molecule has 0 fully saturated rings. The molecule has 0 aliphatic rings. The lowest BCUT2D eigenvalue weighted by Crippen LogP contribution is -2.15. The Balaban J connectivity index is 2.90. The Kier molecular flexibility index (Phi) is 2.74. The maximum atomic E-state index is 5.77. The van der Waals surface area contributed by atoms with Gasteiger partial charge in [-0.25, -0.2) is 5.43 Å². The Bertz CT molecular complexity index is 248. The van der Waals surface area contributed by atoms with Gasteiger partial charge in [0.25, 0.3) is 0 Å². The Morgan fingerprint density at radius 2 is 2.09 bits per heavy atom. The van der Waals surface area contributed by atoms with Gasteiger partial charge in [0.15, 0.2) is 0 Å². The van der Waals surface area contributed by atoms with E-state index in [9.17, 15) is 0 Å². The van der Waals surface area contributed by atoms with Crippen LogP contribution in [0.15, 0.2) is 18.2 Å². The molecular formula is C8H11ClN2. The van der Waals surface area contributed by atoms with E-state index in [1.165, 1.54) is 0 Å². The van der Waals surface area contributed by atoms with E-state index < -0.39 is 0 Å². The van der Waals surface area contributed by atoms with Crippen molar-refractivity contribution < 1.29 is 0 Å². The van der Waals surface area contributed by atoms with Crippen LogP contribution < -0.4 is 10.9 Å². The summed E-state index contributed by atoms with van der Waals surface area (Å²) in [4.78, 5) is 0. The minimum Gasteiger partial charge on any atom is -0.321 e. The van der Waals surface area contributed by atoms with Gasteiger partial charge in [-0.05, 0) is 30.7 Å². The summed E-state index contributed by atoms with van der Waals surface area (Å²) in [5, 5.41) is 0.768. The monoisotopic (exact) mass is 170 g/mol. The lowest BCUT2D eigenvalue weighted by molar-refractivity contribution is 0.980. The molecule has 0 saturated heterocycles. The summed E-state index contributed by atoms with van der Waals surface area (Å²) in [5.41, 5.74) is 8.03. The van der Waals surface area contributed by atoms with Crippen molar-refractivity contribution in [2.24, 2.45) is 0 Å². The van der Waals surface area contributed by atoms with E-state index in [0.717, 1.165) is 16.3 Å². The highest BCUT2D eigenvalue weighted by molar-refractivity contribution is 6.30. The van der Waals surface area contributed by atoms with Crippen molar-refractivity contribution >= 4 is 17.3 Å². The van der Waals surface area contributed by atoms with Crippen molar-refractivity contribution in [3.8, 4) is 0 Å². The first-order valence-electron chi connectivity index (χ1n) is 3.43. The Labute approximate surface area is 71.5 Å². The standard InChI is InChI=1S/C8H11ClN2/c1-6-5-7(9)3-4-8(6)11-10-2/h3-5,10-11H,1-2H3.